The van der Waals surface area contributed by atoms with E-state index in [-0.39, 0.29) is 12.1 Å². The molecule has 2 N–H and O–H groups in total. The van der Waals surface area contributed by atoms with Crippen LogP contribution in [0.5, 0.6) is 0 Å². The summed E-state index contributed by atoms with van der Waals surface area (Å²) in [5.74, 6) is 0. The third-order valence-corrected chi connectivity index (χ3v) is 3.58. The van der Waals surface area contributed by atoms with E-state index >= 15 is 0 Å². The maximum absolute atomic E-state index is 11.5. The Kier molecular flexibility index (Phi) is 3.75. The van der Waals surface area contributed by atoms with Gasteiger partial charge in [0.2, 0.25) is 0 Å². The van der Waals surface area contributed by atoms with Crippen molar-refractivity contribution in [2.45, 2.75) is 25.3 Å². The van der Waals surface area contributed by atoms with Crippen LogP contribution < -0.4 is 10.6 Å². The van der Waals surface area contributed by atoms with Gasteiger partial charge >= 0.3 is 6.03 Å². The Morgan fingerprint density at radius 1 is 1.28 bits per heavy atom. The quantitative estimate of drug-likeness (QED) is 0.872. The zero-order valence-corrected chi connectivity index (χ0v) is 11.1. The summed E-state index contributed by atoms with van der Waals surface area (Å²) in [6.07, 6.45) is 3.21. The molecular weight excluding hydrogens is 226 g/mol. The summed E-state index contributed by atoms with van der Waals surface area (Å²) in [5, 5.41) is 0. The molecule has 4 heteroatoms. The van der Waals surface area contributed by atoms with E-state index in [1.165, 1.54) is 11.3 Å². The maximum atomic E-state index is 11.5. The number of nitrogens with two attached hydrogens (primary N) is 1. The fraction of sp³-hybridized carbons (Fsp3) is 0.500. The van der Waals surface area contributed by atoms with Gasteiger partial charge < -0.3 is 15.5 Å². The zero-order chi connectivity index (χ0) is 13.1. The number of piperidine rings is 1. The number of urea groups is 1. The van der Waals surface area contributed by atoms with Crippen molar-refractivity contribution >= 4 is 11.7 Å². The smallest absolute Gasteiger partial charge is 0.315 e. The summed E-state index contributed by atoms with van der Waals surface area (Å²) in [6.45, 7) is 0.773. The molecule has 0 radical (unpaired) electrons. The Balaban J connectivity index is 2.20. The molecule has 1 unspecified atom stereocenters. The average molecular weight is 247 g/mol. The molecule has 1 aliphatic heterocycles. The Morgan fingerprint density at radius 3 is 2.50 bits per heavy atom. The van der Waals surface area contributed by atoms with Gasteiger partial charge in [0.05, 0.1) is 6.04 Å². The molecule has 1 saturated heterocycles. The number of anilines is 1. The molecule has 2 amide bonds. The molecule has 0 bridgehead atoms. The van der Waals surface area contributed by atoms with Gasteiger partial charge in [0.25, 0.3) is 0 Å². The number of benzene rings is 1. The number of carbonyl (C=O) groups excluding carboxylic acids is 1. The van der Waals surface area contributed by atoms with Gasteiger partial charge in [-0.1, -0.05) is 12.1 Å². The van der Waals surface area contributed by atoms with Crippen LogP contribution in [0.15, 0.2) is 24.3 Å². The minimum absolute atomic E-state index is 0.146. The standard InChI is InChI=1S/C14H21N3O/c1-16(2)12-8-6-11(7-9-12)13-5-3-4-10-17(13)14(15)18/h6-9,13H,3-5,10H2,1-2H3,(H2,15,18). The van der Waals surface area contributed by atoms with Crippen molar-refractivity contribution in [3.63, 3.8) is 0 Å². The number of amides is 2. The van der Waals surface area contributed by atoms with Gasteiger partial charge in [0, 0.05) is 26.3 Å². The summed E-state index contributed by atoms with van der Waals surface area (Å²) in [4.78, 5) is 15.3. The van der Waals surface area contributed by atoms with Crippen molar-refractivity contribution in [1.82, 2.24) is 4.90 Å². The van der Waals surface area contributed by atoms with Crippen molar-refractivity contribution in [3.05, 3.63) is 29.8 Å². The normalized spacial score (nSPS) is 19.7. The van der Waals surface area contributed by atoms with Crippen molar-refractivity contribution in [1.29, 1.82) is 0 Å². The summed E-state index contributed by atoms with van der Waals surface area (Å²) < 4.78 is 0. The number of carbonyl (C=O) groups is 1. The topological polar surface area (TPSA) is 49.6 Å². The van der Waals surface area contributed by atoms with E-state index in [0.29, 0.717) is 0 Å². The number of hydrogen-bond acceptors (Lipinski definition) is 2. The summed E-state index contributed by atoms with van der Waals surface area (Å²) in [7, 11) is 4.04. The average Bonchev–Trinajstić information content (AvgIpc) is 2.39. The highest BCUT2D eigenvalue weighted by atomic mass is 16.2. The molecule has 1 aromatic rings. The molecule has 1 heterocycles. The van der Waals surface area contributed by atoms with E-state index in [0.717, 1.165) is 25.8 Å². The van der Waals surface area contributed by atoms with Crippen LogP contribution >= 0.6 is 0 Å². The van der Waals surface area contributed by atoms with Crippen molar-refractivity contribution < 1.29 is 4.79 Å². The predicted octanol–water partition coefficient (Wildman–Crippen LogP) is 2.36. The molecule has 0 aliphatic carbocycles. The molecule has 2 rings (SSSR count). The largest absolute Gasteiger partial charge is 0.378 e. The number of rotatable bonds is 2. The van der Waals surface area contributed by atoms with E-state index in [9.17, 15) is 4.79 Å². The van der Waals surface area contributed by atoms with E-state index in [1.807, 2.05) is 14.1 Å². The van der Waals surface area contributed by atoms with Crippen LogP contribution in [0, 0.1) is 0 Å². The van der Waals surface area contributed by atoms with E-state index in [4.69, 9.17) is 5.73 Å². The number of primary amides is 1. The molecular formula is C14H21N3O. The first-order valence-electron chi connectivity index (χ1n) is 6.43. The second-order valence-electron chi connectivity index (χ2n) is 5.03. The third kappa shape index (κ3) is 2.58. The first-order valence-corrected chi connectivity index (χ1v) is 6.43. The molecule has 1 atom stereocenters. The molecule has 0 saturated carbocycles. The monoisotopic (exact) mass is 247 g/mol. The fourth-order valence-electron chi connectivity index (χ4n) is 2.54. The van der Waals surface area contributed by atoms with Crippen LogP contribution in [0.2, 0.25) is 0 Å². The van der Waals surface area contributed by atoms with Gasteiger partial charge in [0.1, 0.15) is 0 Å². The summed E-state index contributed by atoms with van der Waals surface area (Å²) in [5.41, 5.74) is 7.80. The lowest BCUT2D eigenvalue weighted by Crippen LogP contribution is -2.41. The Bertz CT molecular complexity index is 414. The minimum Gasteiger partial charge on any atom is -0.378 e. The van der Waals surface area contributed by atoms with Crippen LogP contribution in [0.3, 0.4) is 0 Å². The van der Waals surface area contributed by atoms with Crippen molar-refractivity contribution in [2.24, 2.45) is 5.73 Å². The molecule has 1 aliphatic rings. The second kappa shape index (κ2) is 5.29. The Hall–Kier alpha value is -1.71. The molecule has 0 aromatic heterocycles. The zero-order valence-electron chi connectivity index (χ0n) is 11.1. The predicted molar refractivity (Wildman–Crippen MR) is 73.7 cm³/mol. The highest BCUT2D eigenvalue weighted by Gasteiger charge is 2.26. The lowest BCUT2D eigenvalue weighted by molar-refractivity contribution is 0.160. The number of nitrogens with zero attached hydrogens (tertiary/aromatic N) is 2. The first-order chi connectivity index (χ1) is 8.59. The maximum Gasteiger partial charge on any atom is 0.315 e. The van der Waals surface area contributed by atoms with Gasteiger partial charge in [0.15, 0.2) is 0 Å². The van der Waals surface area contributed by atoms with Gasteiger partial charge in [-0.05, 0) is 37.0 Å². The highest BCUT2D eigenvalue weighted by Crippen LogP contribution is 2.31. The van der Waals surface area contributed by atoms with Crippen LogP contribution in [0.1, 0.15) is 30.9 Å². The first kappa shape index (κ1) is 12.7. The number of likely N-dealkylation sites (tertiary alicyclic amines) is 1. The lowest BCUT2D eigenvalue weighted by Gasteiger charge is -2.34. The Morgan fingerprint density at radius 2 is 1.94 bits per heavy atom. The number of hydrogen-bond donors (Lipinski definition) is 1. The van der Waals surface area contributed by atoms with Gasteiger partial charge in [-0.3, -0.25) is 0 Å². The van der Waals surface area contributed by atoms with Gasteiger partial charge in [-0.2, -0.15) is 0 Å². The molecule has 1 fully saturated rings. The summed E-state index contributed by atoms with van der Waals surface area (Å²) >= 11 is 0. The van der Waals surface area contributed by atoms with Gasteiger partial charge in [-0.15, -0.1) is 0 Å². The van der Waals surface area contributed by atoms with E-state index in [2.05, 4.69) is 29.2 Å². The highest BCUT2D eigenvalue weighted by molar-refractivity contribution is 5.72. The fourth-order valence-corrected chi connectivity index (χ4v) is 2.54. The van der Waals surface area contributed by atoms with Gasteiger partial charge in [-0.25, -0.2) is 4.79 Å². The van der Waals surface area contributed by atoms with Crippen molar-refractivity contribution in [2.75, 3.05) is 25.5 Å². The van der Waals surface area contributed by atoms with Crippen LogP contribution in [0.25, 0.3) is 0 Å². The summed E-state index contributed by atoms with van der Waals surface area (Å²) in [6, 6.07) is 8.21. The van der Waals surface area contributed by atoms with Crippen LogP contribution in [0.4, 0.5) is 10.5 Å². The molecule has 98 valence electrons. The van der Waals surface area contributed by atoms with E-state index < -0.39 is 0 Å². The molecule has 1 aromatic carbocycles. The second-order valence-corrected chi connectivity index (χ2v) is 5.03. The Labute approximate surface area is 108 Å². The molecule has 4 nitrogen and oxygen atoms in total. The lowest BCUT2D eigenvalue weighted by atomic mass is 9.95. The minimum atomic E-state index is -0.309. The SMILES string of the molecule is CN(C)c1ccc(C2CCCCN2C(N)=O)cc1. The third-order valence-electron chi connectivity index (χ3n) is 3.58. The molecule has 0 spiro atoms. The van der Waals surface area contributed by atoms with E-state index in [1.54, 1.807) is 4.90 Å². The molecule has 18 heavy (non-hydrogen) atoms. The van der Waals surface area contributed by atoms with Crippen LogP contribution in [-0.4, -0.2) is 31.6 Å². The van der Waals surface area contributed by atoms with Crippen LogP contribution in [-0.2, 0) is 0 Å². The van der Waals surface area contributed by atoms with Crippen molar-refractivity contribution in [3.8, 4) is 0 Å².